The van der Waals surface area contributed by atoms with E-state index in [4.69, 9.17) is 30.5 Å². The molecule has 0 aliphatic carbocycles. The number of halogens is 1. The lowest BCUT2D eigenvalue weighted by Crippen LogP contribution is -2.37. The first kappa shape index (κ1) is 27.7. The first-order valence-electron chi connectivity index (χ1n) is 12.7. The van der Waals surface area contributed by atoms with Gasteiger partial charge in [-0.15, -0.1) is 11.3 Å². The van der Waals surface area contributed by atoms with E-state index in [1.807, 2.05) is 36.4 Å². The fourth-order valence-corrected chi connectivity index (χ4v) is 6.69. The number of likely N-dealkylation sites (tertiary alicyclic amines) is 1. The molecule has 2 aliphatic heterocycles. The largest absolute Gasteiger partial charge is 0.493 e. The summed E-state index contributed by atoms with van der Waals surface area (Å²) in [6.45, 7) is 3.35. The quantitative estimate of drug-likeness (QED) is 0.308. The van der Waals surface area contributed by atoms with Crippen molar-refractivity contribution in [3.05, 3.63) is 51.9 Å². The van der Waals surface area contributed by atoms with E-state index in [-0.39, 0.29) is 18.7 Å². The first-order chi connectivity index (χ1) is 19.0. The van der Waals surface area contributed by atoms with Crippen molar-refractivity contribution < 1.29 is 28.5 Å². The van der Waals surface area contributed by atoms with Crippen LogP contribution in [-0.4, -0.2) is 74.6 Å². The van der Waals surface area contributed by atoms with Gasteiger partial charge < -0.3 is 29.6 Å². The highest BCUT2D eigenvalue weighted by molar-refractivity contribution is 7.99. The third-order valence-corrected chi connectivity index (χ3v) is 9.07. The van der Waals surface area contributed by atoms with E-state index in [2.05, 4.69) is 15.5 Å². The molecule has 0 saturated carbocycles. The Labute approximate surface area is 240 Å². The van der Waals surface area contributed by atoms with Gasteiger partial charge in [0.05, 0.1) is 12.1 Å². The molecule has 0 radical (unpaired) electrons. The number of amides is 2. The predicted molar refractivity (Wildman–Crippen MR) is 154 cm³/mol. The number of hydrogen-bond donors (Lipinski definition) is 2. The molecular weight excluding hydrogens is 562 g/mol. The van der Waals surface area contributed by atoms with Gasteiger partial charge in [-0.1, -0.05) is 29.8 Å². The van der Waals surface area contributed by atoms with Gasteiger partial charge in [-0.05, 0) is 30.2 Å². The Bertz CT molecular complexity index is 1340. The highest BCUT2D eigenvalue weighted by Crippen LogP contribution is 2.42. The van der Waals surface area contributed by atoms with Crippen LogP contribution < -0.4 is 24.8 Å². The lowest BCUT2D eigenvalue weighted by atomic mass is 10.1. The van der Waals surface area contributed by atoms with Crippen LogP contribution in [0.1, 0.15) is 21.7 Å². The molecule has 208 valence electrons. The number of hydrogen-bond acceptors (Lipinski definition) is 9. The van der Waals surface area contributed by atoms with Crippen molar-refractivity contribution in [1.29, 1.82) is 0 Å². The van der Waals surface area contributed by atoms with Gasteiger partial charge in [0.1, 0.15) is 11.5 Å². The molecule has 1 atom stereocenters. The fraction of sp³-hybridized carbons (Fsp3) is 0.407. The molecule has 1 saturated heterocycles. The summed E-state index contributed by atoms with van der Waals surface area (Å²) in [5.41, 5.74) is 1.07. The van der Waals surface area contributed by atoms with Crippen LogP contribution in [0.4, 0.5) is 4.79 Å². The minimum Gasteiger partial charge on any atom is -0.493 e. The van der Waals surface area contributed by atoms with E-state index in [1.54, 1.807) is 18.9 Å². The number of thioether (sulfide) groups is 1. The molecule has 12 heteroatoms. The summed E-state index contributed by atoms with van der Waals surface area (Å²) in [5, 5.41) is 7.27. The molecule has 2 N–H and O–H groups in total. The molecule has 9 nitrogen and oxygen atoms in total. The zero-order valence-electron chi connectivity index (χ0n) is 21.5. The number of benzene rings is 2. The van der Waals surface area contributed by atoms with Crippen LogP contribution in [0, 0.1) is 0 Å². The Balaban J connectivity index is 0.948. The Morgan fingerprint density at radius 1 is 1.23 bits per heavy atom. The van der Waals surface area contributed by atoms with Gasteiger partial charge in [-0.25, -0.2) is 4.79 Å². The van der Waals surface area contributed by atoms with Crippen molar-refractivity contribution in [3.63, 3.8) is 0 Å². The van der Waals surface area contributed by atoms with E-state index >= 15 is 0 Å². The number of nitrogens with zero attached hydrogens (tertiary/aromatic N) is 1. The summed E-state index contributed by atoms with van der Waals surface area (Å²) in [5.74, 6) is 3.20. The van der Waals surface area contributed by atoms with Gasteiger partial charge in [-0.3, -0.25) is 9.69 Å². The van der Waals surface area contributed by atoms with Gasteiger partial charge in [0.15, 0.2) is 11.5 Å². The fourth-order valence-electron chi connectivity index (χ4n) is 4.61. The van der Waals surface area contributed by atoms with Crippen molar-refractivity contribution >= 4 is 56.8 Å². The van der Waals surface area contributed by atoms with Crippen LogP contribution in [0.5, 0.6) is 17.2 Å². The van der Waals surface area contributed by atoms with E-state index < -0.39 is 6.09 Å². The van der Waals surface area contributed by atoms with Crippen molar-refractivity contribution in [2.75, 3.05) is 51.6 Å². The minimum atomic E-state index is -0.403. The van der Waals surface area contributed by atoms with Gasteiger partial charge in [0.2, 0.25) is 12.5 Å². The Hall–Kier alpha value is -2.86. The van der Waals surface area contributed by atoms with E-state index in [0.717, 1.165) is 41.7 Å². The number of ether oxygens (including phenoxy) is 4. The van der Waals surface area contributed by atoms with Crippen molar-refractivity contribution in [2.24, 2.45) is 0 Å². The molecule has 0 spiro atoms. The maximum Gasteiger partial charge on any atom is 0.407 e. The lowest BCUT2D eigenvalue weighted by Gasteiger charge is -2.17. The molecule has 2 aromatic carbocycles. The van der Waals surface area contributed by atoms with Gasteiger partial charge in [0, 0.05) is 53.8 Å². The average Bonchev–Trinajstić information content (AvgIpc) is 3.67. The second-order valence-electron chi connectivity index (χ2n) is 9.14. The normalized spacial score (nSPS) is 16.4. The van der Waals surface area contributed by atoms with Crippen LogP contribution in [-0.2, 0) is 11.3 Å². The monoisotopic (exact) mass is 591 g/mol. The molecule has 39 heavy (non-hydrogen) atoms. The maximum atomic E-state index is 12.5. The molecule has 2 amide bonds. The summed E-state index contributed by atoms with van der Waals surface area (Å²) in [7, 11) is 1.61. The molecule has 1 unspecified atom stereocenters. The van der Waals surface area contributed by atoms with Gasteiger partial charge in [0.25, 0.3) is 5.91 Å². The van der Waals surface area contributed by atoms with Crippen LogP contribution in [0.15, 0.2) is 36.4 Å². The first-order valence-corrected chi connectivity index (χ1v) is 15.0. The number of thiophene rings is 1. The second-order valence-corrected chi connectivity index (χ2v) is 11.8. The van der Waals surface area contributed by atoms with Crippen LogP contribution in [0.2, 0.25) is 5.02 Å². The van der Waals surface area contributed by atoms with E-state index in [1.165, 1.54) is 11.3 Å². The molecule has 0 bridgehead atoms. The van der Waals surface area contributed by atoms with Crippen molar-refractivity contribution in [2.45, 2.75) is 19.0 Å². The average molecular weight is 592 g/mol. The molecule has 1 fully saturated rings. The zero-order chi connectivity index (χ0) is 27.2. The van der Waals surface area contributed by atoms with Gasteiger partial charge in [-0.2, -0.15) is 11.8 Å². The maximum absolute atomic E-state index is 12.5. The van der Waals surface area contributed by atoms with Crippen molar-refractivity contribution in [1.82, 2.24) is 15.5 Å². The minimum absolute atomic E-state index is 0.0389. The number of rotatable bonds is 11. The number of nitrogens with one attached hydrogen (secondary N) is 2. The number of carbonyl (C=O) groups excluding carboxylic acids is 2. The van der Waals surface area contributed by atoms with E-state index in [0.29, 0.717) is 51.8 Å². The second kappa shape index (κ2) is 13.0. The number of carbonyl (C=O) groups is 2. The van der Waals surface area contributed by atoms with Crippen LogP contribution in [0.25, 0.3) is 10.1 Å². The summed E-state index contributed by atoms with van der Waals surface area (Å²) < 4.78 is 22.7. The third kappa shape index (κ3) is 6.84. The Kier molecular flexibility index (Phi) is 9.23. The molecule has 3 aromatic rings. The standard InChI is InChI=1S/C27H30ClN3O6S2/c1-34-20-12-17(13-21-24(20)37-16-36-21)14-31-8-6-18(15-31)30-27(33)35-9-11-38-10-7-29-26(32)25-23(28)19-4-2-3-5-22(19)39-25/h2-5,12-13,18H,6-11,14-16H2,1H3,(H,29,32)(H,30,33). The van der Waals surface area contributed by atoms with Crippen LogP contribution in [0.3, 0.4) is 0 Å². The SMILES string of the molecule is COc1cc(CN2CCC(NC(=O)OCCSCCNC(=O)c3sc4ccccc4c3Cl)C2)cc2c1OCO2. The molecular formula is C27H30ClN3O6S2. The predicted octanol–water partition coefficient (Wildman–Crippen LogP) is 4.76. The zero-order valence-corrected chi connectivity index (χ0v) is 23.9. The molecule has 5 rings (SSSR count). The Morgan fingerprint density at radius 3 is 2.95 bits per heavy atom. The highest BCUT2D eigenvalue weighted by atomic mass is 35.5. The number of fused-ring (bicyclic) bond motifs is 2. The number of alkyl carbamates (subject to hydrolysis) is 1. The third-order valence-electron chi connectivity index (χ3n) is 6.45. The molecule has 1 aromatic heterocycles. The summed E-state index contributed by atoms with van der Waals surface area (Å²) in [6, 6.07) is 11.7. The highest BCUT2D eigenvalue weighted by Gasteiger charge is 2.26. The smallest absolute Gasteiger partial charge is 0.407 e. The summed E-state index contributed by atoms with van der Waals surface area (Å²) >= 11 is 9.37. The molecule has 3 heterocycles. The van der Waals surface area contributed by atoms with Crippen molar-refractivity contribution in [3.8, 4) is 17.2 Å². The summed E-state index contributed by atoms with van der Waals surface area (Å²) in [6.07, 6.45) is 0.453. The summed E-state index contributed by atoms with van der Waals surface area (Å²) in [4.78, 5) is 27.5. The number of methoxy groups -OCH3 is 1. The molecule has 2 aliphatic rings. The topological polar surface area (TPSA) is 98.4 Å². The van der Waals surface area contributed by atoms with Crippen LogP contribution >= 0.6 is 34.7 Å². The van der Waals surface area contributed by atoms with Gasteiger partial charge >= 0.3 is 6.09 Å². The van der Waals surface area contributed by atoms with E-state index in [9.17, 15) is 9.59 Å². The lowest BCUT2D eigenvalue weighted by molar-refractivity contribution is 0.0960. The Morgan fingerprint density at radius 2 is 2.10 bits per heavy atom.